The molecular weight excluding hydrogens is 142 g/mol. The first-order valence-electron chi connectivity index (χ1n) is 4.09. The van der Waals surface area contributed by atoms with Gasteiger partial charge in [-0.05, 0) is 25.7 Å². The smallest absolute Gasteiger partial charge is 0.207 e. The summed E-state index contributed by atoms with van der Waals surface area (Å²) in [6, 6.07) is 0.339. The highest BCUT2D eigenvalue weighted by molar-refractivity contribution is 5.46. The van der Waals surface area contributed by atoms with E-state index in [0.717, 1.165) is 32.1 Å². The van der Waals surface area contributed by atoms with E-state index in [1.54, 1.807) is 7.11 Å². The van der Waals surface area contributed by atoms with Gasteiger partial charge in [0, 0.05) is 13.2 Å². The minimum absolute atomic E-state index is 0.339. The Morgan fingerprint density at radius 3 is 3.00 bits per heavy atom. The fourth-order valence-corrected chi connectivity index (χ4v) is 1.61. The van der Waals surface area contributed by atoms with E-state index in [2.05, 4.69) is 5.32 Å². The van der Waals surface area contributed by atoms with Crippen LogP contribution in [0.4, 0.5) is 0 Å². The van der Waals surface area contributed by atoms with Gasteiger partial charge in [-0.3, -0.25) is 4.79 Å². The van der Waals surface area contributed by atoms with Crippen LogP contribution in [0.25, 0.3) is 0 Å². The molecule has 1 fully saturated rings. The third-order valence-electron chi connectivity index (χ3n) is 2.26. The quantitative estimate of drug-likeness (QED) is 0.612. The number of ether oxygens (including phenoxy) is 1. The van der Waals surface area contributed by atoms with Crippen molar-refractivity contribution in [2.75, 3.05) is 7.11 Å². The van der Waals surface area contributed by atoms with Crippen molar-refractivity contribution in [1.82, 2.24) is 5.32 Å². The molecule has 2 atom stereocenters. The van der Waals surface area contributed by atoms with Crippen LogP contribution >= 0.6 is 0 Å². The van der Waals surface area contributed by atoms with E-state index in [-0.39, 0.29) is 0 Å². The molecule has 1 amide bonds. The Morgan fingerprint density at radius 1 is 1.55 bits per heavy atom. The highest BCUT2D eigenvalue weighted by Gasteiger charge is 2.20. The molecule has 2 unspecified atom stereocenters. The van der Waals surface area contributed by atoms with Gasteiger partial charge in [0.2, 0.25) is 6.41 Å². The molecule has 0 aromatic heterocycles. The average molecular weight is 157 g/mol. The molecule has 1 aliphatic carbocycles. The third kappa shape index (κ3) is 2.50. The number of methoxy groups -OCH3 is 1. The maximum absolute atomic E-state index is 10.1. The van der Waals surface area contributed by atoms with E-state index in [0.29, 0.717) is 12.1 Å². The van der Waals surface area contributed by atoms with Crippen LogP contribution in [-0.4, -0.2) is 25.7 Å². The second-order valence-electron chi connectivity index (χ2n) is 3.01. The molecule has 0 bridgehead atoms. The first-order chi connectivity index (χ1) is 5.36. The molecule has 0 heterocycles. The highest BCUT2D eigenvalue weighted by Crippen LogP contribution is 2.19. The highest BCUT2D eigenvalue weighted by atomic mass is 16.5. The van der Waals surface area contributed by atoms with Crippen LogP contribution in [0.15, 0.2) is 0 Å². The minimum Gasteiger partial charge on any atom is -0.381 e. The molecule has 0 radical (unpaired) electrons. The summed E-state index contributed by atoms with van der Waals surface area (Å²) in [5.41, 5.74) is 0. The second-order valence-corrected chi connectivity index (χ2v) is 3.01. The number of rotatable bonds is 3. The topological polar surface area (TPSA) is 38.3 Å². The van der Waals surface area contributed by atoms with Gasteiger partial charge in [0.1, 0.15) is 0 Å². The summed E-state index contributed by atoms with van der Waals surface area (Å²) in [6.07, 6.45) is 5.48. The molecule has 0 saturated heterocycles. The van der Waals surface area contributed by atoms with Crippen LogP contribution in [0.1, 0.15) is 25.7 Å². The monoisotopic (exact) mass is 157 g/mol. The number of amides is 1. The Hall–Kier alpha value is -0.570. The minimum atomic E-state index is 0.339. The van der Waals surface area contributed by atoms with Crippen molar-refractivity contribution < 1.29 is 9.53 Å². The Morgan fingerprint density at radius 2 is 2.36 bits per heavy atom. The lowest BCUT2D eigenvalue weighted by atomic mass is 9.93. The molecule has 11 heavy (non-hydrogen) atoms. The van der Waals surface area contributed by atoms with Crippen LogP contribution in [0.3, 0.4) is 0 Å². The Labute approximate surface area is 67.1 Å². The van der Waals surface area contributed by atoms with Crippen LogP contribution in [0.2, 0.25) is 0 Å². The predicted octanol–water partition coefficient (Wildman–Crippen LogP) is 0.690. The fraction of sp³-hybridized carbons (Fsp3) is 0.875. The normalized spacial score (nSPS) is 31.4. The van der Waals surface area contributed by atoms with Crippen molar-refractivity contribution in [1.29, 1.82) is 0 Å². The first-order valence-corrected chi connectivity index (χ1v) is 4.09. The number of hydrogen-bond donors (Lipinski definition) is 1. The summed E-state index contributed by atoms with van der Waals surface area (Å²) in [5.74, 6) is 0. The summed E-state index contributed by atoms with van der Waals surface area (Å²) in [6.45, 7) is 0. The molecule has 64 valence electrons. The molecule has 3 nitrogen and oxygen atoms in total. The van der Waals surface area contributed by atoms with Gasteiger partial charge in [0.25, 0.3) is 0 Å². The SMILES string of the molecule is COC1CCCC(NC=O)C1. The molecule has 1 aliphatic rings. The van der Waals surface area contributed by atoms with E-state index in [1.807, 2.05) is 0 Å². The van der Waals surface area contributed by atoms with E-state index in [9.17, 15) is 4.79 Å². The van der Waals surface area contributed by atoms with Gasteiger partial charge in [-0.25, -0.2) is 0 Å². The molecule has 0 aromatic rings. The van der Waals surface area contributed by atoms with Gasteiger partial charge in [-0.1, -0.05) is 0 Å². The Kier molecular flexibility index (Phi) is 3.36. The molecule has 3 heteroatoms. The standard InChI is InChI=1S/C8H15NO2/c1-11-8-4-2-3-7(5-8)9-6-10/h6-8H,2-5H2,1H3,(H,9,10). The first kappa shape index (κ1) is 8.53. The summed E-state index contributed by atoms with van der Waals surface area (Å²) in [4.78, 5) is 10.1. The summed E-state index contributed by atoms with van der Waals surface area (Å²) in [7, 11) is 1.73. The van der Waals surface area contributed by atoms with Gasteiger partial charge in [-0.2, -0.15) is 0 Å². The van der Waals surface area contributed by atoms with Crippen LogP contribution < -0.4 is 5.32 Å². The summed E-state index contributed by atoms with van der Waals surface area (Å²) >= 11 is 0. The van der Waals surface area contributed by atoms with E-state index in [1.165, 1.54) is 0 Å². The lowest BCUT2D eigenvalue weighted by Gasteiger charge is -2.27. The predicted molar refractivity (Wildman–Crippen MR) is 42.3 cm³/mol. The van der Waals surface area contributed by atoms with E-state index in [4.69, 9.17) is 4.74 Å². The maximum atomic E-state index is 10.1. The number of carbonyl (C=O) groups excluding carboxylic acids is 1. The van der Waals surface area contributed by atoms with Gasteiger partial charge < -0.3 is 10.1 Å². The van der Waals surface area contributed by atoms with E-state index < -0.39 is 0 Å². The maximum Gasteiger partial charge on any atom is 0.207 e. The molecule has 1 rings (SSSR count). The van der Waals surface area contributed by atoms with Crippen molar-refractivity contribution in [2.45, 2.75) is 37.8 Å². The average Bonchev–Trinajstić information content (AvgIpc) is 2.06. The van der Waals surface area contributed by atoms with Gasteiger partial charge in [-0.15, -0.1) is 0 Å². The molecule has 0 aliphatic heterocycles. The lowest BCUT2D eigenvalue weighted by molar-refractivity contribution is -0.110. The van der Waals surface area contributed by atoms with Crippen molar-refractivity contribution in [3.05, 3.63) is 0 Å². The zero-order chi connectivity index (χ0) is 8.10. The number of hydrogen-bond acceptors (Lipinski definition) is 2. The molecule has 1 N–H and O–H groups in total. The number of carbonyl (C=O) groups is 1. The van der Waals surface area contributed by atoms with Crippen molar-refractivity contribution in [3.63, 3.8) is 0 Å². The zero-order valence-electron chi connectivity index (χ0n) is 6.88. The van der Waals surface area contributed by atoms with E-state index >= 15 is 0 Å². The van der Waals surface area contributed by atoms with Crippen LogP contribution in [-0.2, 0) is 9.53 Å². The lowest BCUT2D eigenvalue weighted by Crippen LogP contribution is -2.35. The second kappa shape index (κ2) is 4.34. The Balaban J connectivity index is 2.27. The fourth-order valence-electron chi connectivity index (χ4n) is 1.61. The number of nitrogens with one attached hydrogen (secondary N) is 1. The van der Waals surface area contributed by atoms with Crippen molar-refractivity contribution in [3.8, 4) is 0 Å². The molecule has 0 spiro atoms. The molecule has 0 aromatic carbocycles. The molecular formula is C8H15NO2. The zero-order valence-corrected chi connectivity index (χ0v) is 6.88. The van der Waals surface area contributed by atoms with Crippen LogP contribution in [0, 0.1) is 0 Å². The summed E-state index contributed by atoms with van der Waals surface area (Å²) in [5, 5.41) is 2.79. The Bertz CT molecular complexity index is 127. The molecule has 1 saturated carbocycles. The van der Waals surface area contributed by atoms with Gasteiger partial charge >= 0.3 is 0 Å². The van der Waals surface area contributed by atoms with Crippen molar-refractivity contribution in [2.24, 2.45) is 0 Å². The van der Waals surface area contributed by atoms with Crippen molar-refractivity contribution >= 4 is 6.41 Å². The van der Waals surface area contributed by atoms with Gasteiger partial charge in [0.05, 0.1) is 6.10 Å². The third-order valence-corrected chi connectivity index (χ3v) is 2.26. The largest absolute Gasteiger partial charge is 0.381 e. The summed E-state index contributed by atoms with van der Waals surface area (Å²) < 4.78 is 5.21. The van der Waals surface area contributed by atoms with Crippen LogP contribution in [0.5, 0.6) is 0 Å². The van der Waals surface area contributed by atoms with Gasteiger partial charge in [0.15, 0.2) is 0 Å².